The number of halogens is 2. The highest BCUT2D eigenvalue weighted by Gasteiger charge is 2.32. The number of anilines is 4. The number of nitrogens with one attached hydrogen (secondary N) is 2. The number of hydrogen-bond donors (Lipinski definition) is 4. The van der Waals surface area contributed by atoms with Crippen LogP contribution < -0.4 is 30.2 Å². The second-order valence-corrected chi connectivity index (χ2v) is 18.9. The Morgan fingerprint density at radius 3 is 2.00 bits per heavy atom. The summed E-state index contributed by atoms with van der Waals surface area (Å²) in [6.45, 7) is 11.8. The van der Waals surface area contributed by atoms with Crippen LogP contribution >= 0.6 is 23.2 Å². The van der Waals surface area contributed by atoms with Gasteiger partial charge in [0.05, 0.1) is 33.7 Å². The Morgan fingerprint density at radius 1 is 0.676 bits per heavy atom. The van der Waals surface area contributed by atoms with Crippen molar-refractivity contribution in [3.63, 3.8) is 0 Å². The van der Waals surface area contributed by atoms with Gasteiger partial charge < -0.3 is 40.4 Å². The Kier molecular flexibility index (Phi) is 12.9. The largest absolute Gasteiger partial charge is 0.507 e. The predicted octanol–water partition coefficient (Wildman–Crippen LogP) is 9.20. The van der Waals surface area contributed by atoms with E-state index in [1.165, 1.54) is 0 Å². The van der Waals surface area contributed by atoms with E-state index in [0.29, 0.717) is 69.9 Å². The SMILES string of the molecule is CCc1cc(-c2ccnc(N3CCNCC3)c2)c(O)c(-c2ccc(N3CCN(Cc4cc(-c5cccc(-c6ccc(N7CCCC7=O)c(Cl)c6)c5O)cc(N5CCN[C@H](C)C5)n4)C3=O)c(Cl)c2)c1. The predicted molar refractivity (Wildman–Crippen MR) is 272 cm³/mol. The fourth-order valence-corrected chi connectivity index (χ4v) is 10.5. The molecule has 0 saturated carbocycles. The van der Waals surface area contributed by atoms with Gasteiger partial charge in [-0.05, 0) is 108 Å². The van der Waals surface area contributed by atoms with E-state index in [0.717, 1.165) is 104 Å². The minimum atomic E-state index is -0.193. The first-order valence-corrected chi connectivity index (χ1v) is 24.3. The molecule has 0 radical (unpaired) electrons. The number of aromatic hydroxyl groups is 2. The smallest absolute Gasteiger partial charge is 0.325 e. The Labute approximate surface area is 406 Å². The molecular formula is C53H55Cl2N9O4. The van der Waals surface area contributed by atoms with Crippen molar-refractivity contribution < 1.29 is 19.8 Å². The van der Waals surface area contributed by atoms with E-state index >= 15 is 0 Å². The number of rotatable bonds is 11. The number of amides is 3. The Morgan fingerprint density at radius 2 is 1.32 bits per heavy atom. The van der Waals surface area contributed by atoms with Gasteiger partial charge in [-0.1, -0.05) is 60.5 Å². The molecular weight excluding hydrogens is 898 g/mol. The second kappa shape index (κ2) is 19.3. The summed E-state index contributed by atoms with van der Waals surface area (Å²) >= 11 is 13.8. The number of urea groups is 1. The number of hydrogen-bond acceptors (Lipinski definition) is 10. The molecule has 10 rings (SSSR count). The first-order valence-electron chi connectivity index (χ1n) is 23.6. The highest BCUT2D eigenvalue weighted by Crippen LogP contribution is 2.44. The molecule has 4 aliphatic heterocycles. The average Bonchev–Trinajstić information content (AvgIpc) is 3.95. The average molecular weight is 953 g/mol. The van der Waals surface area contributed by atoms with Crippen molar-refractivity contribution in [3.05, 3.63) is 118 Å². The van der Waals surface area contributed by atoms with Crippen molar-refractivity contribution in [2.45, 2.75) is 45.7 Å². The van der Waals surface area contributed by atoms with Crippen LogP contribution in [0, 0.1) is 0 Å². The molecule has 2 aromatic heterocycles. The lowest BCUT2D eigenvalue weighted by Gasteiger charge is -2.33. The molecule has 4 fully saturated rings. The van der Waals surface area contributed by atoms with Crippen LogP contribution in [-0.4, -0.2) is 109 Å². The van der Waals surface area contributed by atoms with Crippen LogP contribution in [0.15, 0.2) is 97.2 Å². The molecule has 4 aliphatic rings. The number of nitrogens with zero attached hydrogens (tertiary/aromatic N) is 7. The van der Waals surface area contributed by atoms with Crippen LogP contribution in [0.2, 0.25) is 10.0 Å². The molecule has 350 valence electrons. The number of carbonyl (C=O) groups excluding carboxylic acids is 2. The van der Waals surface area contributed by atoms with Gasteiger partial charge in [-0.3, -0.25) is 9.69 Å². The van der Waals surface area contributed by atoms with Crippen molar-refractivity contribution in [1.82, 2.24) is 25.5 Å². The van der Waals surface area contributed by atoms with Crippen LogP contribution in [0.4, 0.5) is 27.8 Å². The van der Waals surface area contributed by atoms with Crippen molar-refractivity contribution in [2.75, 3.05) is 85.0 Å². The van der Waals surface area contributed by atoms with Crippen molar-refractivity contribution in [3.8, 4) is 56.0 Å². The third kappa shape index (κ3) is 9.03. The molecule has 6 aromatic rings. The number of phenols is 2. The number of para-hydroxylation sites is 1. The molecule has 15 heteroatoms. The second-order valence-electron chi connectivity index (χ2n) is 18.1. The molecule has 6 heterocycles. The van der Waals surface area contributed by atoms with E-state index in [-0.39, 0.29) is 36.0 Å². The zero-order valence-corrected chi connectivity index (χ0v) is 39.8. The third-order valence-corrected chi connectivity index (χ3v) is 14.2. The number of phenolic OH excluding ortho intramolecular Hbond substituents is 2. The molecule has 4 N–H and O–H groups in total. The molecule has 4 aromatic carbocycles. The van der Waals surface area contributed by atoms with E-state index in [1.54, 1.807) is 27.0 Å². The van der Waals surface area contributed by atoms with Gasteiger partial charge in [-0.15, -0.1) is 0 Å². The summed E-state index contributed by atoms with van der Waals surface area (Å²) in [7, 11) is 0. The number of pyridine rings is 2. The van der Waals surface area contributed by atoms with Gasteiger partial charge in [0.15, 0.2) is 0 Å². The van der Waals surface area contributed by atoms with Crippen LogP contribution in [-0.2, 0) is 17.8 Å². The lowest BCUT2D eigenvalue weighted by molar-refractivity contribution is -0.117. The maximum absolute atomic E-state index is 14.3. The molecule has 1 atom stereocenters. The first-order chi connectivity index (χ1) is 33.0. The van der Waals surface area contributed by atoms with Gasteiger partial charge in [0.2, 0.25) is 5.91 Å². The lowest BCUT2D eigenvalue weighted by Crippen LogP contribution is -2.49. The maximum atomic E-state index is 14.3. The van der Waals surface area contributed by atoms with E-state index in [9.17, 15) is 19.8 Å². The lowest BCUT2D eigenvalue weighted by atomic mass is 9.94. The summed E-state index contributed by atoms with van der Waals surface area (Å²) in [5.74, 6) is 1.96. The van der Waals surface area contributed by atoms with Gasteiger partial charge in [-0.2, -0.15) is 0 Å². The quantitative estimate of drug-likeness (QED) is 0.0994. The number of piperazine rings is 2. The van der Waals surface area contributed by atoms with Crippen LogP contribution in [0.1, 0.15) is 37.9 Å². The monoisotopic (exact) mass is 951 g/mol. The summed E-state index contributed by atoms with van der Waals surface area (Å²) in [6.07, 6.45) is 3.87. The van der Waals surface area contributed by atoms with Crippen molar-refractivity contribution >= 4 is 58.2 Å². The number of benzene rings is 4. The topological polar surface area (TPSA) is 141 Å². The van der Waals surface area contributed by atoms with Crippen LogP contribution in [0.25, 0.3) is 44.5 Å². The van der Waals surface area contributed by atoms with Gasteiger partial charge >= 0.3 is 6.03 Å². The summed E-state index contributed by atoms with van der Waals surface area (Å²) in [5, 5.41) is 31.6. The number of aryl methyl sites for hydroxylation is 1. The zero-order chi connectivity index (χ0) is 47.1. The highest BCUT2D eigenvalue weighted by atomic mass is 35.5. The van der Waals surface area contributed by atoms with Crippen molar-refractivity contribution in [2.24, 2.45) is 0 Å². The Hall–Kier alpha value is -6.38. The highest BCUT2D eigenvalue weighted by molar-refractivity contribution is 6.34. The Balaban J connectivity index is 0.915. The summed E-state index contributed by atoms with van der Waals surface area (Å²) in [6, 6.07) is 28.8. The molecule has 0 aliphatic carbocycles. The van der Waals surface area contributed by atoms with Crippen LogP contribution in [0.3, 0.4) is 0 Å². The number of carbonyl (C=O) groups is 2. The van der Waals surface area contributed by atoms with Gasteiger partial charge in [0, 0.05) is 106 Å². The zero-order valence-electron chi connectivity index (χ0n) is 38.3. The fourth-order valence-electron chi connectivity index (χ4n) is 9.95. The van der Waals surface area contributed by atoms with E-state index in [2.05, 4.69) is 39.3 Å². The first kappa shape index (κ1) is 45.4. The summed E-state index contributed by atoms with van der Waals surface area (Å²) < 4.78 is 0. The Bertz CT molecular complexity index is 2910. The van der Waals surface area contributed by atoms with E-state index in [1.807, 2.05) is 84.9 Å². The standard InChI is InChI=1S/C53H55Cl2N9O4/c1-3-34-24-42(52(67)43(25-34)37-13-14-58-48(29-37)60-19-15-56-16-20-60)36-10-12-47(45(55)28-36)64-23-22-62(53(64)68)32-39-26-38(30-49(59-39)61-21-17-57-33(2)31-61)41-7-4-6-40(51(41)66)35-9-11-46(44(54)27-35)63-18-5-8-50(63)65/h4,6-7,9-14,24-30,33,56-57,66-67H,3,5,8,15-23,31-32H2,1-2H3/t33-/m1/s1. The number of aromatic nitrogens is 2. The normalized spacial score (nSPS) is 17.8. The van der Waals surface area contributed by atoms with Gasteiger partial charge in [0.25, 0.3) is 0 Å². The van der Waals surface area contributed by atoms with E-state index < -0.39 is 0 Å². The maximum Gasteiger partial charge on any atom is 0.325 e. The minimum absolute atomic E-state index is 0.0565. The summed E-state index contributed by atoms with van der Waals surface area (Å²) in [5.41, 5.74) is 8.76. The molecule has 13 nitrogen and oxygen atoms in total. The molecule has 0 spiro atoms. The van der Waals surface area contributed by atoms with Gasteiger partial charge in [-0.25, -0.2) is 14.8 Å². The minimum Gasteiger partial charge on any atom is -0.507 e. The summed E-state index contributed by atoms with van der Waals surface area (Å²) in [4.78, 5) is 46.3. The fraction of sp³-hybridized carbons (Fsp3) is 0.321. The molecule has 0 bridgehead atoms. The molecule has 0 unspecified atom stereocenters. The third-order valence-electron chi connectivity index (χ3n) is 13.6. The molecule has 4 saturated heterocycles. The van der Waals surface area contributed by atoms with Crippen LogP contribution in [0.5, 0.6) is 11.5 Å². The van der Waals surface area contributed by atoms with E-state index in [4.69, 9.17) is 28.2 Å². The molecule has 68 heavy (non-hydrogen) atoms. The molecule has 3 amide bonds. The van der Waals surface area contributed by atoms with Crippen molar-refractivity contribution in [1.29, 1.82) is 0 Å². The van der Waals surface area contributed by atoms with Gasteiger partial charge in [0.1, 0.15) is 23.1 Å².